The van der Waals surface area contributed by atoms with Gasteiger partial charge in [0.05, 0.1) is 5.02 Å². The molecule has 1 aliphatic rings. The number of carbonyl (C=O) groups is 1. The fourth-order valence-electron chi connectivity index (χ4n) is 2.89. The number of nitrogens with one attached hydrogen (secondary N) is 1. The number of para-hydroxylation sites is 1. The largest absolute Gasteiger partial charge is 0.478 e. The molecule has 1 aromatic heterocycles. The molecule has 2 aromatic rings. The Bertz CT molecular complexity index is 786. The van der Waals surface area contributed by atoms with Crippen LogP contribution in [-0.4, -0.2) is 34.0 Å². The highest BCUT2D eigenvalue weighted by Crippen LogP contribution is 2.27. The third kappa shape index (κ3) is 4.81. The van der Waals surface area contributed by atoms with Gasteiger partial charge in [0.15, 0.2) is 0 Å². The zero-order valence-electron chi connectivity index (χ0n) is 13.8. The monoisotopic (exact) mass is 357 g/mol. The molecule has 0 spiro atoms. The molecule has 0 saturated carbocycles. The van der Waals surface area contributed by atoms with Crippen molar-refractivity contribution < 1.29 is 9.90 Å². The van der Waals surface area contributed by atoms with Crippen LogP contribution in [0.4, 0.5) is 11.5 Å². The highest BCUT2D eigenvalue weighted by Gasteiger charge is 2.14. The van der Waals surface area contributed by atoms with Gasteiger partial charge in [0.25, 0.3) is 0 Å². The Kier molecular flexibility index (Phi) is 5.68. The van der Waals surface area contributed by atoms with Gasteiger partial charge in [0, 0.05) is 24.5 Å². The number of likely N-dealkylation sites (tertiary alicyclic amines) is 1. The van der Waals surface area contributed by atoms with Gasteiger partial charge in [-0.15, -0.1) is 0 Å². The number of halogens is 1. The van der Waals surface area contributed by atoms with E-state index < -0.39 is 5.97 Å². The van der Waals surface area contributed by atoms with Crippen LogP contribution in [0.15, 0.2) is 42.6 Å². The molecule has 1 aromatic carbocycles. The molecule has 3 rings (SSSR count). The van der Waals surface area contributed by atoms with Gasteiger partial charge in [-0.3, -0.25) is 4.90 Å². The van der Waals surface area contributed by atoms with Crippen LogP contribution in [0.1, 0.15) is 24.0 Å². The van der Waals surface area contributed by atoms with Gasteiger partial charge in [0.2, 0.25) is 0 Å². The zero-order valence-corrected chi connectivity index (χ0v) is 14.5. The van der Waals surface area contributed by atoms with Crippen LogP contribution in [0.2, 0.25) is 5.02 Å². The summed E-state index contributed by atoms with van der Waals surface area (Å²) in [6.07, 6.45) is 6.64. The molecule has 2 heterocycles. The van der Waals surface area contributed by atoms with Crippen molar-refractivity contribution in [1.82, 2.24) is 9.88 Å². The number of nitrogens with zero attached hydrogens (tertiary/aromatic N) is 2. The molecule has 0 radical (unpaired) electrons. The number of aromatic nitrogens is 1. The molecule has 0 unspecified atom stereocenters. The van der Waals surface area contributed by atoms with Crippen LogP contribution in [0, 0.1) is 0 Å². The maximum absolute atomic E-state index is 10.6. The lowest BCUT2D eigenvalue weighted by atomic mass is 10.1. The molecule has 6 heteroatoms. The van der Waals surface area contributed by atoms with Gasteiger partial charge < -0.3 is 10.4 Å². The lowest BCUT2D eigenvalue weighted by molar-refractivity contribution is -0.131. The predicted octanol–water partition coefficient (Wildman–Crippen LogP) is 4.17. The van der Waals surface area contributed by atoms with Crippen LogP contribution >= 0.6 is 11.6 Å². The Morgan fingerprint density at radius 1 is 1.32 bits per heavy atom. The van der Waals surface area contributed by atoms with Crippen LogP contribution in [0.25, 0.3) is 6.08 Å². The average Bonchev–Trinajstić information content (AvgIpc) is 3.10. The summed E-state index contributed by atoms with van der Waals surface area (Å²) in [6, 6.07) is 9.83. The van der Waals surface area contributed by atoms with E-state index >= 15 is 0 Å². The van der Waals surface area contributed by atoms with Gasteiger partial charge >= 0.3 is 5.97 Å². The molecule has 0 bridgehead atoms. The quantitative estimate of drug-likeness (QED) is 0.759. The summed E-state index contributed by atoms with van der Waals surface area (Å²) in [5.41, 5.74) is 2.83. The molecule has 0 aliphatic carbocycles. The fourth-order valence-corrected chi connectivity index (χ4v) is 3.11. The molecule has 5 nitrogen and oxygen atoms in total. The molecule has 1 saturated heterocycles. The third-order valence-corrected chi connectivity index (χ3v) is 4.43. The minimum absolute atomic E-state index is 0.448. The number of pyridine rings is 1. The average molecular weight is 358 g/mol. The molecule has 0 amide bonds. The van der Waals surface area contributed by atoms with Gasteiger partial charge in [0.1, 0.15) is 5.82 Å². The molecule has 2 N–H and O–H groups in total. The van der Waals surface area contributed by atoms with Crippen LogP contribution < -0.4 is 5.32 Å². The van der Waals surface area contributed by atoms with Crippen molar-refractivity contribution >= 4 is 35.2 Å². The first-order valence-electron chi connectivity index (χ1n) is 8.25. The second-order valence-electron chi connectivity index (χ2n) is 6.04. The van der Waals surface area contributed by atoms with Gasteiger partial charge in [-0.05, 0) is 55.3 Å². The summed E-state index contributed by atoms with van der Waals surface area (Å²) >= 11 is 6.30. The number of rotatable bonds is 6. The minimum Gasteiger partial charge on any atom is -0.478 e. The standard InChI is InChI=1S/C19H20ClN3O2/c20-16-11-14(7-8-18(24)25)12-21-19(16)22-17-6-2-1-5-15(17)13-23-9-3-4-10-23/h1-2,5-8,11-12H,3-4,9-10,13H2,(H,21,22)(H,24,25). The minimum atomic E-state index is -1.01. The lowest BCUT2D eigenvalue weighted by Gasteiger charge is -2.18. The number of benzene rings is 1. The van der Waals surface area contributed by atoms with E-state index in [1.807, 2.05) is 18.2 Å². The van der Waals surface area contributed by atoms with E-state index in [0.29, 0.717) is 16.4 Å². The number of anilines is 2. The Hall–Kier alpha value is -2.37. The lowest BCUT2D eigenvalue weighted by Crippen LogP contribution is -2.19. The smallest absolute Gasteiger partial charge is 0.328 e. The Labute approximate surface area is 152 Å². The molecular weight excluding hydrogens is 338 g/mol. The van der Waals surface area contributed by atoms with Crippen molar-refractivity contribution in [3.63, 3.8) is 0 Å². The van der Waals surface area contributed by atoms with Crippen molar-refractivity contribution in [2.45, 2.75) is 19.4 Å². The van der Waals surface area contributed by atoms with Crippen molar-refractivity contribution in [3.05, 3.63) is 58.8 Å². The Morgan fingerprint density at radius 3 is 2.80 bits per heavy atom. The molecule has 25 heavy (non-hydrogen) atoms. The summed E-state index contributed by atoms with van der Waals surface area (Å²) in [5, 5.41) is 12.4. The topological polar surface area (TPSA) is 65.5 Å². The van der Waals surface area contributed by atoms with Gasteiger partial charge in [-0.2, -0.15) is 0 Å². The molecule has 1 fully saturated rings. The van der Waals surface area contributed by atoms with E-state index in [1.54, 1.807) is 12.3 Å². The predicted molar refractivity (Wildman–Crippen MR) is 100 cm³/mol. The normalized spacial score (nSPS) is 14.9. The Morgan fingerprint density at radius 2 is 2.08 bits per heavy atom. The number of carboxylic acid groups (broad SMARTS) is 1. The summed E-state index contributed by atoms with van der Waals surface area (Å²) < 4.78 is 0. The number of carboxylic acids is 1. The number of aliphatic carboxylic acids is 1. The second-order valence-corrected chi connectivity index (χ2v) is 6.44. The molecule has 1 aliphatic heterocycles. The highest BCUT2D eigenvalue weighted by molar-refractivity contribution is 6.33. The van der Waals surface area contributed by atoms with E-state index in [-0.39, 0.29) is 0 Å². The van der Waals surface area contributed by atoms with Crippen molar-refractivity contribution in [3.8, 4) is 0 Å². The van der Waals surface area contributed by atoms with E-state index in [2.05, 4.69) is 21.3 Å². The summed E-state index contributed by atoms with van der Waals surface area (Å²) in [6.45, 7) is 3.18. The highest BCUT2D eigenvalue weighted by atomic mass is 35.5. The first-order valence-corrected chi connectivity index (χ1v) is 8.63. The van der Waals surface area contributed by atoms with Gasteiger partial charge in [-0.25, -0.2) is 9.78 Å². The number of hydrogen-bond acceptors (Lipinski definition) is 4. The Balaban J connectivity index is 1.77. The first-order chi connectivity index (χ1) is 12.1. The summed E-state index contributed by atoms with van der Waals surface area (Å²) in [5.74, 6) is -0.447. The van der Waals surface area contributed by atoms with Crippen molar-refractivity contribution in [1.29, 1.82) is 0 Å². The van der Waals surface area contributed by atoms with E-state index in [4.69, 9.17) is 16.7 Å². The SMILES string of the molecule is O=C(O)C=Cc1cnc(Nc2ccccc2CN2CCCC2)c(Cl)c1. The van der Waals surface area contributed by atoms with Crippen LogP contribution in [0.3, 0.4) is 0 Å². The van der Waals surface area contributed by atoms with E-state index in [9.17, 15) is 4.79 Å². The van der Waals surface area contributed by atoms with Gasteiger partial charge in [-0.1, -0.05) is 29.8 Å². The van der Waals surface area contributed by atoms with E-state index in [1.165, 1.54) is 24.5 Å². The zero-order chi connectivity index (χ0) is 17.6. The van der Waals surface area contributed by atoms with Crippen molar-refractivity contribution in [2.24, 2.45) is 0 Å². The molecule has 130 valence electrons. The fraction of sp³-hybridized carbons (Fsp3) is 0.263. The van der Waals surface area contributed by atoms with E-state index in [0.717, 1.165) is 31.4 Å². The number of hydrogen-bond donors (Lipinski definition) is 2. The summed E-state index contributed by atoms with van der Waals surface area (Å²) in [4.78, 5) is 17.4. The molecular formula is C19H20ClN3O2. The second kappa shape index (κ2) is 8.14. The first kappa shape index (κ1) is 17.5. The van der Waals surface area contributed by atoms with Crippen LogP contribution in [0.5, 0.6) is 0 Å². The molecule has 0 atom stereocenters. The third-order valence-electron chi connectivity index (χ3n) is 4.14. The van der Waals surface area contributed by atoms with Crippen LogP contribution in [-0.2, 0) is 11.3 Å². The maximum atomic E-state index is 10.6. The van der Waals surface area contributed by atoms with Crippen molar-refractivity contribution in [2.75, 3.05) is 18.4 Å². The summed E-state index contributed by atoms with van der Waals surface area (Å²) in [7, 11) is 0. The maximum Gasteiger partial charge on any atom is 0.328 e.